The first-order valence-electron chi connectivity index (χ1n) is 5.62. The van der Waals surface area contributed by atoms with Crippen molar-refractivity contribution in [2.45, 2.75) is 32.9 Å². The largest absolute Gasteiger partial charge is 0.271 e. The van der Waals surface area contributed by atoms with Crippen LogP contribution in [0.2, 0.25) is 0 Å². The number of thiazole rings is 1. The zero-order valence-corrected chi connectivity index (χ0v) is 10.9. The van der Waals surface area contributed by atoms with E-state index in [4.69, 9.17) is 5.84 Å². The van der Waals surface area contributed by atoms with E-state index in [-0.39, 0.29) is 6.04 Å². The van der Waals surface area contributed by atoms with E-state index in [1.165, 1.54) is 5.69 Å². The number of hydrazine groups is 1. The Labute approximate surface area is 105 Å². The summed E-state index contributed by atoms with van der Waals surface area (Å²) in [5.74, 6) is 5.60. The molecule has 0 bridgehead atoms. The van der Waals surface area contributed by atoms with Crippen LogP contribution in [0.5, 0.6) is 0 Å². The van der Waals surface area contributed by atoms with Crippen molar-refractivity contribution in [2.75, 3.05) is 0 Å². The molecule has 0 saturated carbocycles. The Morgan fingerprint density at radius 3 is 3.00 bits per heavy atom. The summed E-state index contributed by atoms with van der Waals surface area (Å²) in [4.78, 5) is 4.29. The molecule has 92 valence electrons. The van der Waals surface area contributed by atoms with E-state index in [9.17, 15) is 0 Å². The van der Waals surface area contributed by atoms with Gasteiger partial charge >= 0.3 is 0 Å². The van der Waals surface area contributed by atoms with Crippen LogP contribution in [0.1, 0.15) is 30.0 Å². The lowest BCUT2D eigenvalue weighted by atomic mass is 10.1. The first kappa shape index (κ1) is 12.2. The van der Waals surface area contributed by atoms with Crippen molar-refractivity contribution in [1.29, 1.82) is 0 Å². The summed E-state index contributed by atoms with van der Waals surface area (Å²) in [6.07, 6.45) is 0.801. The van der Waals surface area contributed by atoms with Crippen LogP contribution in [0.3, 0.4) is 0 Å². The fraction of sp³-hybridized carbons (Fsp3) is 0.455. The molecule has 5 nitrogen and oxygen atoms in total. The van der Waals surface area contributed by atoms with Gasteiger partial charge in [-0.1, -0.05) is 0 Å². The molecule has 17 heavy (non-hydrogen) atoms. The van der Waals surface area contributed by atoms with Crippen LogP contribution in [-0.4, -0.2) is 14.8 Å². The average molecular weight is 251 g/mol. The van der Waals surface area contributed by atoms with Crippen molar-refractivity contribution < 1.29 is 0 Å². The van der Waals surface area contributed by atoms with Gasteiger partial charge in [-0.15, -0.1) is 11.3 Å². The minimum atomic E-state index is 0.0441. The number of aryl methyl sites for hydroxylation is 2. The third-order valence-electron chi connectivity index (χ3n) is 2.71. The first-order chi connectivity index (χ1) is 8.24. The number of hydrogen-bond donors (Lipinski definition) is 2. The Kier molecular flexibility index (Phi) is 3.88. The van der Waals surface area contributed by atoms with Crippen LogP contribution in [0.25, 0.3) is 0 Å². The van der Waals surface area contributed by atoms with Crippen molar-refractivity contribution in [3.05, 3.63) is 34.0 Å². The molecule has 0 fully saturated rings. The Hall–Kier alpha value is -1.24. The predicted molar refractivity (Wildman–Crippen MR) is 68.5 cm³/mol. The van der Waals surface area contributed by atoms with Gasteiger partial charge in [0.2, 0.25) is 0 Å². The van der Waals surface area contributed by atoms with Crippen LogP contribution < -0.4 is 11.3 Å². The van der Waals surface area contributed by atoms with Crippen LogP contribution in [0.15, 0.2) is 17.0 Å². The van der Waals surface area contributed by atoms with Gasteiger partial charge in [-0.25, -0.2) is 4.98 Å². The molecule has 0 aliphatic rings. The number of nitrogens with zero attached hydrogens (tertiary/aromatic N) is 3. The molecule has 0 spiro atoms. The summed E-state index contributed by atoms with van der Waals surface area (Å²) in [5.41, 5.74) is 7.84. The van der Waals surface area contributed by atoms with Gasteiger partial charge in [-0.2, -0.15) is 5.10 Å². The molecule has 6 heteroatoms. The summed E-state index contributed by atoms with van der Waals surface area (Å²) in [7, 11) is 0. The van der Waals surface area contributed by atoms with E-state index in [1.54, 1.807) is 11.3 Å². The minimum Gasteiger partial charge on any atom is -0.271 e. The molecule has 1 unspecified atom stereocenters. The highest BCUT2D eigenvalue weighted by atomic mass is 32.1. The van der Waals surface area contributed by atoms with Crippen molar-refractivity contribution in [3.8, 4) is 0 Å². The molecular formula is C11H17N5S. The fourth-order valence-corrected chi connectivity index (χ4v) is 2.50. The quantitative estimate of drug-likeness (QED) is 0.623. The van der Waals surface area contributed by atoms with Crippen molar-refractivity contribution in [3.63, 3.8) is 0 Å². The number of hydrogen-bond acceptors (Lipinski definition) is 5. The molecule has 1 atom stereocenters. The number of nitrogens with one attached hydrogen (secondary N) is 1. The molecule has 0 amide bonds. The fourth-order valence-electron chi connectivity index (χ4n) is 1.89. The second kappa shape index (κ2) is 5.39. The van der Waals surface area contributed by atoms with Gasteiger partial charge in [-0.3, -0.25) is 16.0 Å². The third kappa shape index (κ3) is 2.71. The Bertz CT molecular complexity index is 462. The van der Waals surface area contributed by atoms with E-state index in [0.717, 1.165) is 24.4 Å². The topological polar surface area (TPSA) is 68.8 Å². The molecule has 0 saturated heterocycles. The van der Waals surface area contributed by atoms with Gasteiger partial charge in [0.1, 0.15) is 0 Å². The summed E-state index contributed by atoms with van der Waals surface area (Å²) in [6, 6.07) is 2.14. The van der Waals surface area contributed by atoms with Crippen LogP contribution in [0.4, 0.5) is 0 Å². The molecule has 0 aromatic carbocycles. The lowest BCUT2D eigenvalue weighted by molar-refractivity contribution is 0.509. The molecule has 0 aliphatic carbocycles. The minimum absolute atomic E-state index is 0.0441. The highest BCUT2D eigenvalue weighted by Crippen LogP contribution is 2.18. The lowest BCUT2D eigenvalue weighted by Crippen LogP contribution is -2.30. The normalized spacial score (nSPS) is 12.9. The monoisotopic (exact) mass is 251 g/mol. The van der Waals surface area contributed by atoms with Gasteiger partial charge < -0.3 is 0 Å². The second-order valence-electron chi connectivity index (χ2n) is 3.93. The molecule has 0 radical (unpaired) electrons. The highest BCUT2D eigenvalue weighted by Gasteiger charge is 2.15. The Balaban J connectivity index is 2.18. The van der Waals surface area contributed by atoms with E-state index in [0.29, 0.717) is 0 Å². The summed E-state index contributed by atoms with van der Waals surface area (Å²) >= 11 is 1.58. The van der Waals surface area contributed by atoms with Gasteiger partial charge in [0.05, 0.1) is 22.9 Å². The SMILES string of the molecule is CCn1nc(C)cc1CC(NN)c1cscn1. The highest BCUT2D eigenvalue weighted by molar-refractivity contribution is 7.07. The molecule has 0 aliphatic heterocycles. The lowest BCUT2D eigenvalue weighted by Gasteiger charge is -2.14. The van der Waals surface area contributed by atoms with Gasteiger partial charge in [0.15, 0.2) is 0 Å². The van der Waals surface area contributed by atoms with Gasteiger partial charge in [0.25, 0.3) is 0 Å². The van der Waals surface area contributed by atoms with Gasteiger partial charge in [-0.05, 0) is 19.9 Å². The average Bonchev–Trinajstić information content (AvgIpc) is 2.94. The van der Waals surface area contributed by atoms with E-state index >= 15 is 0 Å². The molecule has 2 aromatic rings. The van der Waals surface area contributed by atoms with Crippen molar-refractivity contribution in [2.24, 2.45) is 5.84 Å². The van der Waals surface area contributed by atoms with Crippen molar-refractivity contribution >= 4 is 11.3 Å². The van der Waals surface area contributed by atoms with E-state index in [2.05, 4.69) is 28.5 Å². The number of nitrogens with two attached hydrogens (primary N) is 1. The molecule has 2 heterocycles. The van der Waals surface area contributed by atoms with Crippen LogP contribution in [0, 0.1) is 6.92 Å². The summed E-state index contributed by atoms with van der Waals surface area (Å²) in [6.45, 7) is 4.96. The number of rotatable bonds is 5. The standard InChI is InChI=1S/C11H17N5S/c1-3-16-9(4-8(2)15-16)5-10(14-12)11-6-17-7-13-11/h4,6-7,10,14H,3,5,12H2,1-2H3. The summed E-state index contributed by atoms with van der Waals surface area (Å²) < 4.78 is 2.01. The van der Waals surface area contributed by atoms with Crippen molar-refractivity contribution in [1.82, 2.24) is 20.2 Å². The van der Waals surface area contributed by atoms with E-state index < -0.39 is 0 Å². The van der Waals surface area contributed by atoms with Crippen LogP contribution >= 0.6 is 11.3 Å². The zero-order chi connectivity index (χ0) is 12.3. The predicted octanol–water partition coefficient (Wildman–Crippen LogP) is 1.42. The zero-order valence-electron chi connectivity index (χ0n) is 10.1. The Morgan fingerprint density at radius 2 is 2.41 bits per heavy atom. The molecule has 2 rings (SSSR count). The molecular weight excluding hydrogens is 234 g/mol. The first-order valence-corrected chi connectivity index (χ1v) is 6.56. The van der Waals surface area contributed by atoms with Gasteiger partial charge in [0, 0.05) is 24.0 Å². The van der Waals surface area contributed by atoms with Crippen LogP contribution in [-0.2, 0) is 13.0 Å². The molecule has 2 aromatic heterocycles. The summed E-state index contributed by atoms with van der Waals surface area (Å²) in [5, 5.41) is 6.45. The third-order valence-corrected chi connectivity index (χ3v) is 3.31. The number of aromatic nitrogens is 3. The van der Waals surface area contributed by atoms with E-state index in [1.807, 2.05) is 22.5 Å². The maximum Gasteiger partial charge on any atom is 0.0795 e. The second-order valence-corrected chi connectivity index (χ2v) is 4.65. The maximum atomic E-state index is 5.60. The smallest absolute Gasteiger partial charge is 0.0795 e. The Morgan fingerprint density at radius 1 is 1.59 bits per heavy atom. The molecule has 3 N–H and O–H groups in total. The maximum absolute atomic E-state index is 5.60.